The van der Waals surface area contributed by atoms with Crippen molar-refractivity contribution in [3.8, 4) is 11.5 Å². The van der Waals surface area contributed by atoms with Gasteiger partial charge in [0.15, 0.2) is 11.5 Å². The molecule has 1 aromatic rings. The summed E-state index contributed by atoms with van der Waals surface area (Å²) in [6, 6.07) is 3.52. The molecule has 1 saturated heterocycles. The maximum Gasteiger partial charge on any atom is 0.327 e. The number of carboxylic acid groups (broad SMARTS) is 2. The Bertz CT molecular complexity index is 821. The molecule has 8 nitrogen and oxygen atoms in total. The predicted molar refractivity (Wildman–Crippen MR) is 103 cm³/mol. The molecular weight excluding hydrogens is 394 g/mol. The van der Waals surface area contributed by atoms with Crippen LogP contribution in [0.4, 0.5) is 0 Å². The van der Waals surface area contributed by atoms with Crippen molar-refractivity contribution in [3.05, 3.63) is 28.7 Å². The minimum absolute atomic E-state index is 0.00204. The molecule has 144 valence electrons. The van der Waals surface area contributed by atoms with Crippen LogP contribution in [-0.2, 0) is 14.4 Å². The molecule has 2 rings (SSSR count). The summed E-state index contributed by atoms with van der Waals surface area (Å²) < 4.78 is 10.7. The number of methoxy groups -OCH3 is 1. The van der Waals surface area contributed by atoms with E-state index in [0.717, 1.165) is 16.7 Å². The van der Waals surface area contributed by atoms with E-state index in [9.17, 15) is 19.5 Å². The number of carbonyl (C=O) groups is 3. The van der Waals surface area contributed by atoms with Crippen molar-refractivity contribution in [3.63, 3.8) is 0 Å². The van der Waals surface area contributed by atoms with Crippen LogP contribution in [0.1, 0.15) is 18.9 Å². The third-order valence-corrected chi connectivity index (χ3v) is 4.90. The molecule has 0 spiro atoms. The standard InChI is InChI=1S/C17H17NO7S2/c1-3-25-11-5-4-9(6-12(11)24-2)7-13-15(21)18(17(26)27-13)10(16(22)23)8-14(19)20/h4-7,10H,3,8H2,1-2H3,(H,19,20)(H,22,23)/b13-7-/t10-/m0/s1. The summed E-state index contributed by atoms with van der Waals surface area (Å²) in [7, 11) is 1.49. The number of carbonyl (C=O) groups excluding carboxylic acids is 1. The largest absolute Gasteiger partial charge is 0.493 e. The highest BCUT2D eigenvalue weighted by Crippen LogP contribution is 2.36. The summed E-state index contributed by atoms with van der Waals surface area (Å²) in [5.74, 6) is -2.38. The quantitative estimate of drug-likeness (QED) is 0.491. The van der Waals surface area contributed by atoms with Crippen molar-refractivity contribution < 1.29 is 34.1 Å². The number of hydrogen-bond donors (Lipinski definition) is 2. The lowest BCUT2D eigenvalue weighted by atomic mass is 10.1. The minimum Gasteiger partial charge on any atom is -0.493 e. The molecular formula is C17H17NO7S2. The highest BCUT2D eigenvalue weighted by atomic mass is 32.2. The van der Waals surface area contributed by atoms with Crippen molar-refractivity contribution in [2.75, 3.05) is 13.7 Å². The predicted octanol–water partition coefficient (Wildman–Crippen LogP) is 2.22. The zero-order chi connectivity index (χ0) is 20.1. The van der Waals surface area contributed by atoms with Gasteiger partial charge in [-0.3, -0.25) is 14.5 Å². The summed E-state index contributed by atoms with van der Waals surface area (Å²) in [6.45, 7) is 2.31. The van der Waals surface area contributed by atoms with Crippen LogP contribution in [0.15, 0.2) is 23.1 Å². The minimum atomic E-state index is -1.56. The van der Waals surface area contributed by atoms with Crippen LogP contribution in [0.5, 0.6) is 11.5 Å². The van der Waals surface area contributed by atoms with Crippen LogP contribution in [0, 0.1) is 0 Å². The van der Waals surface area contributed by atoms with E-state index in [2.05, 4.69) is 0 Å². The number of amides is 1. The lowest BCUT2D eigenvalue weighted by molar-refractivity contribution is -0.150. The van der Waals surface area contributed by atoms with E-state index in [1.807, 2.05) is 6.92 Å². The Labute approximate surface area is 164 Å². The van der Waals surface area contributed by atoms with Crippen molar-refractivity contribution in [2.24, 2.45) is 0 Å². The third kappa shape index (κ3) is 4.77. The smallest absolute Gasteiger partial charge is 0.327 e. The van der Waals surface area contributed by atoms with E-state index < -0.39 is 30.3 Å². The Morgan fingerprint density at radius 1 is 1.33 bits per heavy atom. The first-order valence-corrected chi connectivity index (χ1v) is 9.03. The number of hydrogen-bond acceptors (Lipinski definition) is 7. The van der Waals surface area contributed by atoms with Gasteiger partial charge in [-0.05, 0) is 30.7 Å². The van der Waals surface area contributed by atoms with Gasteiger partial charge >= 0.3 is 11.9 Å². The molecule has 1 aliphatic rings. The average Bonchev–Trinajstić information content (AvgIpc) is 2.87. The van der Waals surface area contributed by atoms with E-state index >= 15 is 0 Å². The Morgan fingerprint density at radius 2 is 2.04 bits per heavy atom. The number of ether oxygens (including phenoxy) is 2. The summed E-state index contributed by atoms with van der Waals surface area (Å²) >= 11 is 6.01. The van der Waals surface area contributed by atoms with Gasteiger partial charge in [0.2, 0.25) is 0 Å². The molecule has 1 aliphatic heterocycles. The third-order valence-electron chi connectivity index (χ3n) is 3.57. The second kappa shape index (κ2) is 8.87. The van der Waals surface area contributed by atoms with Gasteiger partial charge < -0.3 is 19.7 Å². The maximum atomic E-state index is 12.6. The summed E-state index contributed by atoms with van der Waals surface area (Å²) in [4.78, 5) is 35.9. The molecule has 1 aromatic carbocycles. The lowest BCUT2D eigenvalue weighted by Crippen LogP contribution is -2.45. The number of thiocarbonyl (C=S) groups is 1. The van der Waals surface area contributed by atoms with Gasteiger partial charge in [0, 0.05) is 0 Å². The first-order chi connectivity index (χ1) is 12.8. The fourth-order valence-corrected chi connectivity index (χ4v) is 3.76. The van der Waals surface area contributed by atoms with E-state index in [4.69, 9.17) is 26.8 Å². The van der Waals surface area contributed by atoms with Crippen LogP contribution < -0.4 is 9.47 Å². The molecule has 27 heavy (non-hydrogen) atoms. The van der Waals surface area contributed by atoms with E-state index in [1.165, 1.54) is 13.2 Å². The van der Waals surface area contributed by atoms with Crippen LogP contribution in [0.25, 0.3) is 6.08 Å². The number of aliphatic carboxylic acids is 2. The lowest BCUT2D eigenvalue weighted by Gasteiger charge is -2.21. The van der Waals surface area contributed by atoms with E-state index in [1.54, 1.807) is 18.2 Å². The number of nitrogens with zero attached hydrogens (tertiary/aromatic N) is 1. The molecule has 0 aliphatic carbocycles. The van der Waals surface area contributed by atoms with Gasteiger partial charge in [-0.15, -0.1) is 0 Å². The van der Waals surface area contributed by atoms with E-state index in [0.29, 0.717) is 23.7 Å². The van der Waals surface area contributed by atoms with Crippen molar-refractivity contribution in [2.45, 2.75) is 19.4 Å². The van der Waals surface area contributed by atoms with Gasteiger partial charge in [0.1, 0.15) is 10.4 Å². The van der Waals surface area contributed by atoms with Crippen molar-refractivity contribution >= 4 is 52.2 Å². The molecule has 0 bridgehead atoms. The molecule has 1 atom stereocenters. The Hall–Kier alpha value is -2.59. The molecule has 0 radical (unpaired) electrons. The second-order valence-corrected chi connectivity index (χ2v) is 7.02. The Morgan fingerprint density at radius 3 is 2.59 bits per heavy atom. The van der Waals surface area contributed by atoms with Gasteiger partial charge in [-0.25, -0.2) is 4.79 Å². The zero-order valence-electron chi connectivity index (χ0n) is 14.5. The van der Waals surface area contributed by atoms with Gasteiger partial charge in [-0.1, -0.05) is 30.0 Å². The average molecular weight is 411 g/mol. The molecule has 1 fully saturated rings. The topological polar surface area (TPSA) is 113 Å². The number of thioether (sulfide) groups is 1. The Kier molecular flexibility index (Phi) is 6.81. The van der Waals surface area contributed by atoms with Crippen LogP contribution in [0.2, 0.25) is 0 Å². The summed E-state index contributed by atoms with van der Waals surface area (Å²) in [6.07, 6.45) is 0.795. The summed E-state index contributed by atoms with van der Waals surface area (Å²) in [5.41, 5.74) is 0.626. The highest BCUT2D eigenvalue weighted by molar-refractivity contribution is 8.26. The van der Waals surface area contributed by atoms with Gasteiger partial charge in [0.05, 0.1) is 25.0 Å². The molecule has 1 heterocycles. The number of carboxylic acids is 2. The first kappa shape index (κ1) is 20.7. The normalized spacial score (nSPS) is 16.5. The fraction of sp³-hybridized carbons (Fsp3) is 0.294. The van der Waals surface area contributed by atoms with Crippen LogP contribution in [0.3, 0.4) is 0 Å². The molecule has 1 amide bonds. The molecule has 0 saturated carbocycles. The first-order valence-electron chi connectivity index (χ1n) is 7.81. The molecule has 0 aromatic heterocycles. The zero-order valence-corrected chi connectivity index (χ0v) is 16.1. The monoisotopic (exact) mass is 411 g/mol. The molecule has 10 heteroatoms. The second-order valence-electron chi connectivity index (χ2n) is 5.35. The molecule has 2 N–H and O–H groups in total. The van der Waals surface area contributed by atoms with Crippen LogP contribution >= 0.6 is 24.0 Å². The Balaban J connectivity index is 2.32. The van der Waals surface area contributed by atoms with Crippen molar-refractivity contribution in [1.82, 2.24) is 4.90 Å². The van der Waals surface area contributed by atoms with E-state index in [-0.39, 0.29) is 9.23 Å². The number of rotatable bonds is 8. The highest BCUT2D eigenvalue weighted by Gasteiger charge is 2.41. The van der Waals surface area contributed by atoms with Crippen molar-refractivity contribution in [1.29, 1.82) is 0 Å². The van der Waals surface area contributed by atoms with Gasteiger partial charge in [-0.2, -0.15) is 0 Å². The number of benzene rings is 1. The van der Waals surface area contributed by atoms with Crippen LogP contribution in [-0.4, -0.2) is 57.0 Å². The van der Waals surface area contributed by atoms with Gasteiger partial charge in [0.25, 0.3) is 5.91 Å². The summed E-state index contributed by atoms with van der Waals surface area (Å²) in [5, 5.41) is 18.2. The SMILES string of the molecule is CCOc1ccc(/C=C2\SC(=S)N([C@@H](CC(=O)O)C(=O)O)C2=O)cc1OC. The maximum absolute atomic E-state index is 12.6. The fourth-order valence-electron chi connectivity index (χ4n) is 2.40. The molecule has 0 unspecified atom stereocenters.